The Hall–Kier alpha value is -3.21. The molecule has 1 atom stereocenters. The fraction of sp³-hybridized carbons (Fsp3) is 0.455. The Morgan fingerprint density at radius 1 is 1.06 bits per heavy atom. The predicted octanol–water partition coefficient (Wildman–Crippen LogP) is 3.59. The molecule has 2 aromatic heterocycles. The summed E-state index contributed by atoms with van der Waals surface area (Å²) >= 11 is 0. The summed E-state index contributed by atoms with van der Waals surface area (Å²) in [5.74, 6) is 0.497. The highest BCUT2D eigenvalue weighted by molar-refractivity contribution is 5.91. The van der Waals surface area contributed by atoms with Crippen LogP contribution in [-0.2, 0) is 11.7 Å². The van der Waals surface area contributed by atoms with E-state index in [4.69, 9.17) is 4.42 Å². The molecule has 176 valence electrons. The number of hydrogen-bond donors (Lipinski definition) is 0. The molecule has 1 aliphatic rings. The molecule has 3 aromatic rings. The summed E-state index contributed by atoms with van der Waals surface area (Å²) < 4.78 is 47.2. The molecule has 0 aliphatic carbocycles. The number of tetrazole rings is 1. The molecule has 33 heavy (non-hydrogen) atoms. The van der Waals surface area contributed by atoms with Gasteiger partial charge in [0, 0.05) is 26.2 Å². The van der Waals surface area contributed by atoms with Crippen LogP contribution in [0.25, 0.3) is 0 Å². The number of benzene rings is 1. The molecule has 0 saturated carbocycles. The number of carbonyl (C=O) groups excluding carboxylic acids is 1. The molecule has 0 bridgehead atoms. The van der Waals surface area contributed by atoms with Crippen LogP contribution in [0.15, 0.2) is 47.1 Å². The van der Waals surface area contributed by atoms with Crippen LogP contribution in [0.4, 0.5) is 13.2 Å². The number of furan rings is 1. The summed E-state index contributed by atoms with van der Waals surface area (Å²) in [4.78, 5) is 16.3. The van der Waals surface area contributed by atoms with Crippen molar-refractivity contribution >= 4 is 5.91 Å². The normalized spacial score (nSPS) is 16.7. The van der Waals surface area contributed by atoms with Gasteiger partial charge in [-0.15, -0.1) is 5.10 Å². The topological polar surface area (TPSA) is 80.3 Å². The number of amides is 1. The maximum absolute atomic E-state index is 13.4. The van der Waals surface area contributed by atoms with Crippen molar-refractivity contribution in [3.05, 3.63) is 65.4 Å². The first-order valence-electron chi connectivity index (χ1n) is 10.6. The third-order valence-corrected chi connectivity index (χ3v) is 5.60. The number of carbonyl (C=O) groups is 1. The van der Waals surface area contributed by atoms with Crippen molar-refractivity contribution in [3.8, 4) is 0 Å². The van der Waals surface area contributed by atoms with Gasteiger partial charge in [0.1, 0.15) is 0 Å². The van der Waals surface area contributed by atoms with Crippen LogP contribution in [-0.4, -0.2) is 62.1 Å². The number of aromatic nitrogens is 4. The van der Waals surface area contributed by atoms with Gasteiger partial charge in [-0.2, -0.15) is 13.2 Å². The number of piperazine rings is 1. The van der Waals surface area contributed by atoms with E-state index in [1.165, 1.54) is 12.3 Å². The minimum absolute atomic E-state index is 0.213. The minimum Gasteiger partial charge on any atom is -0.459 e. The second kappa shape index (κ2) is 8.62. The predicted molar refractivity (Wildman–Crippen MR) is 112 cm³/mol. The molecular weight excluding hydrogens is 437 g/mol. The average molecular weight is 462 g/mol. The van der Waals surface area contributed by atoms with Crippen LogP contribution < -0.4 is 0 Å². The Morgan fingerprint density at radius 2 is 1.79 bits per heavy atom. The van der Waals surface area contributed by atoms with Crippen molar-refractivity contribution in [3.63, 3.8) is 0 Å². The zero-order chi connectivity index (χ0) is 23.8. The third kappa shape index (κ3) is 4.77. The highest BCUT2D eigenvalue weighted by Crippen LogP contribution is 2.35. The quantitative estimate of drug-likeness (QED) is 0.590. The summed E-state index contributed by atoms with van der Waals surface area (Å²) in [6.07, 6.45) is -3.02. The van der Waals surface area contributed by atoms with Gasteiger partial charge < -0.3 is 9.32 Å². The molecule has 1 aromatic carbocycles. The molecule has 1 unspecified atom stereocenters. The van der Waals surface area contributed by atoms with Crippen molar-refractivity contribution in [2.45, 2.75) is 38.5 Å². The average Bonchev–Trinajstić information content (AvgIpc) is 3.46. The summed E-state index contributed by atoms with van der Waals surface area (Å²) in [6.45, 7) is 7.44. The SMILES string of the molecule is CC(C)(C)n1nnnc1C(c1cccc(C(F)(F)F)c1)N1CCN(C(=O)c2ccco2)CC1. The van der Waals surface area contributed by atoms with E-state index in [9.17, 15) is 18.0 Å². The lowest BCUT2D eigenvalue weighted by molar-refractivity contribution is -0.137. The maximum atomic E-state index is 13.4. The van der Waals surface area contributed by atoms with Crippen LogP contribution in [0.3, 0.4) is 0 Å². The molecule has 0 radical (unpaired) electrons. The highest BCUT2D eigenvalue weighted by Gasteiger charge is 2.36. The van der Waals surface area contributed by atoms with E-state index in [1.54, 1.807) is 27.8 Å². The number of alkyl halides is 3. The Morgan fingerprint density at radius 3 is 2.39 bits per heavy atom. The van der Waals surface area contributed by atoms with Crippen molar-refractivity contribution in [2.24, 2.45) is 0 Å². The van der Waals surface area contributed by atoms with Crippen LogP contribution in [0.5, 0.6) is 0 Å². The standard InChI is InChI=1S/C22H25F3N6O2/c1-21(2,3)31-19(26-27-28-31)18(15-6-4-7-16(14-15)22(23,24)25)29-9-11-30(12-10-29)20(32)17-8-5-13-33-17/h4-8,13-14,18H,9-12H2,1-3H3. The van der Waals surface area contributed by atoms with Crippen molar-refractivity contribution < 1.29 is 22.4 Å². The molecule has 1 saturated heterocycles. The van der Waals surface area contributed by atoms with E-state index in [1.807, 2.05) is 25.7 Å². The molecular formula is C22H25F3N6O2. The van der Waals surface area contributed by atoms with Crippen molar-refractivity contribution in [1.82, 2.24) is 30.0 Å². The zero-order valence-corrected chi connectivity index (χ0v) is 18.6. The van der Waals surface area contributed by atoms with E-state index in [0.717, 1.165) is 12.1 Å². The molecule has 0 N–H and O–H groups in total. The lowest BCUT2D eigenvalue weighted by Crippen LogP contribution is -2.50. The van der Waals surface area contributed by atoms with E-state index >= 15 is 0 Å². The van der Waals surface area contributed by atoms with E-state index in [2.05, 4.69) is 15.5 Å². The number of hydrogen-bond acceptors (Lipinski definition) is 6. The monoisotopic (exact) mass is 462 g/mol. The second-order valence-corrected chi connectivity index (χ2v) is 8.95. The van der Waals surface area contributed by atoms with Gasteiger partial charge in [0.05, 0.1) is 23.4 Å². The van der Waals surface area contributed by atoms with Gasteiger partial charge in [-0.1, -0.05) is 12.1 Å². The second-order valence-electron chi connectivity index (χ2n) is 8.95. The van der Waals surface area contributed by atoms with Crippen molar-refractivity contribution in [1.29, 1.82) is 0 Å². The number of halogens is 3. The molecule has 1 fully saturated rings. The maximum Gasteiger partial charge on any atom is 0.416 e. The number of rotatable bonds is 4. The Labute approximate surface area is 189 Å². The Kier molecular flexibility index (Phi) is 6.00. The summed E-state index contributed by atoms with van der Waals surface area (Å²) in [5, 5.41) is 12.1. The van der Waals surface area contributed by atoms with Crippen LogP contribution in [0, 0.1) is 0 Å². The first-order chi connectivity index (χ1) is 15.6. The molecule has 11 heteroatoms. The van der Waals surface area contributed by atoms with E-state index in [0.29, 0.717) is 37.6 Å². The molecule has 1 amide bonds. The van der Waals surface area contributed by atoms with Crippen molar-refractivity contribution in [2.75, 3.05) is 26.2 Å². The van der Waals surface area contributed by atoms with Gasteiger partial charge in [0.2, 0.25) is 0 Å². The smallest absolute Gasteiger partial charge is 0.416 e. The highest BCUT2D eigenvalue weighted by atomic mass is 19.4. The van der Waals surface area contributed by atoms with Gasteiger partial charge in [0.25, 0.3) is 5.91 Å². The third-order valence-electron chi connectivity index (χ3n) is 5.60. The molecule has 3 heterocycles. The van der Waals surface area contributed by atoms with Gasteiger partial charge in [0.15, 0.2) is 11.6 Å². The lowest BCUT2D eigenvalue weighted by Gasteiger charge is -2.39. The number of nitrogens with zero attached hydrogens (tertiary/aromatic N) is 6. The molecule has 1 aliphatic heterocycles. The van der Waals surface area contributed by atoms with Gasteiger partial charge >= 0.3 is 6.18 Å². The lowest BCUT2D eigenvalue weighted by atomic mass is 9.99. The fourth-order valence-corrected chi connectivity index (χ4v) is 3.99. The fourth-order valence-electron chi connectivity index (χ4n) is 3.99. The summed E-state index contributed by atoms with van der Waals surface area (Å²) in [6, 6.07) is 7.90. The van der Waals surface area contributed by atoms with E-state index < -0.39 is 23.3 Å². The van der Waals surface area contributed by atoms with Crippen LogP contribution in [0.1, 0.15) is 54.3 Å². The largest absolute Gasteiger partial charge is 0.459 e. The molecule has 8 nitrogen and oxygen atoms in total. The Bertz CT molecular complexity index is 1100. The summed E-state index contributed by atoms with van der Waals surface area (Å²) in [5.41, 5.74) is -0.766. The molecule has 4 rings (SSSR count). The van der Waals surface area contributed by atoms with Gasteiger partial charge in [-0.05, 0) is 61.0 Å². The Balaban J connectivity index is 1.67. The minimum atomic E-state index is -4.47. The van der Waals surface area contributed by atoms with Crippen LogP contribution in [0.2, 0.25) is 0 Å². The van der Waals surface area contributed by atoms with E-state index in [-0.39, 0.29) is 11.7 Å². The van der Waals surface area contributed by atoms with Gasteiger partial charge in [-0.3, -0.25) is 9.69 Å². The van der Waals surface area contributed by atoms with Crippen LogP contribution >= 0.6 is 0 Å². The zero-order valence-electron chi connectivity index (χ0n) is 18.6. The summed E-state index contributed by atoms with van der Waals surface area (Å²) in [7, 11) is 0. The van der Waals surface area contributed by atoms with Gasteiger partial charge in [-0.25, -0.2) is 4.68 Å². The first-order valence-corrected chi connectivity index (χ1v) is 10.6. The first kappa shape index (κ1) is 23.0. The molecule has 0 spiro atoms.